The van der Waals surface area contributed by atoms with E-state index in [4.69, 9.17) is 16.2 Å². The Morgan fingerprint density at radius 1 is 1.38 bits per heavy atom. The molecule has 16 heavy (non-hydrogen) atoms. The molecule has 0 aromatic heterocycles. The Morgan fingerprint density at radius 2 is 2.12 bits per heavy atom. The Balaban J connectivity index is 2.16. The van der Waals surface area contributed by atoms with Gasteiger partial charge in [-0.05, 0) is 18.6 Å². The number of nitrogens with two attached hydrogens (primary N) is 2. The van der Waals surface area contributed by atoms with Crippen molar-refractivity contribution in [3.05, 3.63) is 12.1 Å². The summed E-state index contributed by atoms with van der Waals surface area (Å²) < 4.78 is 5.72. The molecule has 1 unspecified atom stereocenters. The van der Waals surface area contributed by atoms with Crippen molar-refractivity contribution in [1.29, 1.82) is 0 Å². The Labute approximate surface area is 101 Å². The predicted octanol–water partition coefficient (Wildman–Crippen LogP) is 2.89. The molecule has 0 spiro atoms. The van der Waals surface area contributed by atoms with Gasteiger partial charge in [-0.2, -0.15) is 0 Å². The second kappa shape index (κ2) is 4.87. The van der Waals surface area contributed by atoms with E-state index in [0.717, 1.165) is 22.9 Å². The minimum Gasteiger partial charge on any atom is -0.489 e. The third-order valence-corrected chi connectivity index (χ3v) is 4.11. The van der Waals surface area contributed by atoms with Crippen LogP contribution in [0.3, 0.4) is 0 Å². The zero-order valence-electron chi connectivity index (χ0n) is 9.53. The van der Waals surface area contributed by atoms with Crippen LogP contribution in [0.25, 0.3) is 0 Å². The number of hydrogen-bond donors (Lipinski definition) is 2. The summed E-state index contributed by atoms with van der Waals surface area (Å²) in [6, 6.07) is 3.66. The lowest BCUT2D eigenvalue weighted by Gasteiger charge is -2.26. The lowest BCUT2D eigenvalue weighted by atomic mass is 10.2. The Bertz CT molecular complexity index is 382. The molecule has 1 aliphatic rings. The Morgan fingerprint density at radius 3 is 2.88 bits per heavy atom. The molecule has 88 valence electrons. The number of benzene rings is 1. The lowest BCUT2D eigenvalue weighted by molar-refractivity contribution is 0.298. The van der Waals surface area contributed by atoms with Crippen LogP contribution in [0.4, 0.5) is 11.4 Å². The number of thioether (sulfide) groups is 1. The van der Waals surface area contributed by atoms with E-state index in [1.165, 1.54) is 19.3 Å². The van der Waals surface area contributed by atoms with Gasteiger partial charge in [-0.1, -0.05) is 19.8 Å². The van der Waals surface area contributed by atoms with Crippen LogP contribution in [0, 0.1) is 0 Å². The zero-order valence-corrected chi connectivity index (χ0v) is 10.3. The van der Waals surface area contributed by atoms with Crippen LogP contribution in [0.15, 0.2) is 17.0 Å². The summed E-state index contributed by atoms with van der Waals surface area (Å²) in [4.78, 5) is 1.02. The van der Waals surface area contributed by atoms with E-state index in [2.05, 4.69) is 6.92 Å². The molecule has 2 rings (SSSR count). The van der Waals surface area contributed by atoms with Crippen LogP contribution >= 0.6 is 11.8 Å². The van der Waals surface area contributed by atoms with Gasteiger partial charge in [0.2, 0.25) is 0 Å². The molecule has 3 nitrogen and oxygen atoms in total. The van der Waals surface area contributed by atoms with Crippen LogP contribution in [0.2, 0.25) is 0 Å². The minimum atomic E-state index is 0.511. The number of fused-ring (bicyclic) bond motifs is 1. The highest BCUT2D eigenvalue weighted by atomic mass is 32.2. The third kappa shape index (κ3) is 2.21. The first kappa shape index (κ1) is 11.5. The molecule has 4 N–H and O–H groups in total. The van der Waals surface area contributed by atoms with Crippen molar-refractivity contribution in [2.45, 2.75) is 36.3 Å². The van der Waals surface area contributed by atoms with Gasteiger partial charge in [0, 0.05) is 10.9 Å². The standard InChI is InChI=1S/C12H18N2OS/c1-2-3-4-8-7-15-11-9(13)5-6-10(14)12(11)16-8/h5-6,8H,2-4,7,13-14H2,1H3. The monoisotopic (exact) mass is 238 g/mol. The van der Waals surface area contributed by atoms with Crippen LogP contribution in [-0.2, 0) is 0 Å². The van der Waals surface area contributed by atoms with Crippen LogP contribution in [-0.4, -0.2) is 11.9 Å². The summed E-state index contributed by atoms with van der Waals surface area (Å²) >= 11 is 1.81. The minimum absolute atomic E-state index is 0.511. The Hall–Kier alpha value is -1.03. The normalized spacial score (nSPS) is 18.9. The predicted molar refractivity (Wildman–Crippen MR) is 69.9 cm³/mol. The summed E-state index contributed by atoms with van der Waals surface area (Å²) in [5.74, 6) is 0.776. The summed E-state index contributed by atoms with van der Waals surface area (Å²) in [5, 5.41) is 0.511. The van der Waals surface area contributed by atoms with Crippen molar-refractivity contribution >= 4 is 23.1 Å². The van der Waals surface area contributed by atoms with Crippen molar-refractivity contribution in [2.75, 3.05) is 18.1 Å². The smallest absolute Gasteiger partial charge is 0.157 e. The molecule has 4 heteroatoms. The van der Waals surface area contributed by atoms with Gasteiger partial charge in [0.05, 0.1) is 10.6 Å². The van der Waals surface area contributed by atoms with E-state index in [0.29, 0.717) is 10.9 Å². The molecule has 0 aliphatic carbocycles. The summed E-state index contributed by atoms with van der Waals surface area (Å²) in [6.07, 6.45) is 3.63. The van der Waals surface area contributed by atoms with Gasteiger partial charge in [-0.25, -0.2) is 0 Å². The Kier molecular flexibility index (Phi) is 3.49. The molecular formula is C12H18N2OS. The molecule has 1 atom stereocenters. The number of unbranched alkanes of at least 4 members (excludes halogenated alkanes) is 1. The summed E-state index contributed by atoms with van der Waals surface area (Å²) in [6.45, 7) is 2.94. The summed E-state index contributed by atoms with van der Waals surface area (Å²) in [5.41, 5.74) is 13.3. The van der Waals surface area contributed by atoms with Gasteiger partial charge in [-0.15, -0.1) is 11.8 Å². The second-order valence-corrected chi connectivity index (χ2v) is 5.41. The van der Waals surface area contributed by atoms with E-state index < -0.39 is 0 Å². The molecule has 0 saturated heterocycles. The van der Waals surface area contributed by atoms with Gasteiger partial charge in [-0.3, -0.25) is 0 Å². The average Bonchev–Trinajstić information content (AvgIpc) is 2.31. The van der Waals surface area contributed by atoms with Crippen molar-refractivity contribution < 1.29 is 4.74 Å². The van der Waals surface area contributed by atoms with Gasteiger partial charge in [0.15, 0.2) is 5.75 Å². The van der Waals surface area contributed by atoms with E-state index >= 15 is 0 Å². The van der Waals surface area contributed by atoms with Gasteiger partial charge in [0.1, 0.15) is 6.61 Å². The molecule has 1 aromatic rings. The largest absolute Gasteiger partial charge is 0.489 e. The second-order valence-electron chi connectivity index (χ2n) is 4.10. The SMILES string of the molecule is CCCCC1COc2c(N)ccc(N)c2S1. The lowest BCUT2D eigenvalue weighted by Crippen LogP contribution is -2.20. The first-order chi connectivity index (χ1) is 7.72. The molecule has 1 heterocycles. The van der Waals surface area contributed by atoms with Crippen LogP contribution < -0.4 is 16.2 Å². The van der Waals surface area contributed by atoms with Gasteiger partial charge >= 0.3 is 0 Å². The van der Waals surface area contributed by atoms with Crippen LogP contribution in [0.1, 0.15) is 26.2 Å². The molecule has 1 aliphatic heterocycles. The molecule has 0 bridgehead atoms. The highest BCUT2D eigenvalue weighted by Gasteiger charge is 2.23. The fraction of sp³-hybridized carbons (Fsp3) is 0.500. The maximum absolute atomic E-state index is 5.94. The number of ether oxygens (including phenoxy) is 1. The van der Waals surface area contributed by atoms with E-state index in [1.807, 2.05) is 17.8 Å². The van der Waals surface area contributed by atoms with E-state index in [1.54, 1.807) is 6.07 Å². The molecule has 0 fully saturated rings. The number of anilines is 2. The number of rotatable bonds is 3. The van der Waals surface area contributed by atoms with Gasteiger partial charge in [0.25, 0.3) is 0 Å². The van der Waals surface area contributed by atoms with Crippen molar-refractivity contribution in [3.63, 3.8) is 0 Å². The highest BCUT2D eigenvalue weighted by Crippen LogP contribution is 2.45. The van der Waals surface area contributed by atoms with E-state index in [-0.39, 0.29) is 0 Å². The maximum atomic E-state index is 5.94. The molecule has 0 radical (unpaired) electrons. The third-order valence-electron chi connectivity index (χ3n) is 2.75. The van der Waals surface area contributed by atoms with Crippen LogP contribution in [0.5, 0.6) is 5.75 Å². The van der Waals surface area contributed by atoms with E-state index in [9.17, 15) is 0 Å². The zero-order chi connectivity index (χ0) is 11.5. The van der Waals surface area contributed by atoms with Crippen molar-refractivity contribution in [2.24, 2.45) is 0 Å². The summed E-state index contributed by atoms with van der Waals surface area (Å²) in [7, 11) is 0. The molecule has 0 amide bonds. The van der Waals surface area contributed by atoms with Gasteiger partial charge < -0.3 is 16.2 Å². The highest BCUT2D eigenvalue weighted by molar-refractivity contribution is 8.00. The van der Waals surface area contributed by atoms with Crippen molar-refractivity contribution in [1.82, 2.24) is 0 Å². The fourth-order valence-corrected chi connectivity index (χ4v) is 3.06. The quantitative estimate of drug-likeness (QED) is 0.795. The molecular weight excluding hydrogens is 220 g/mol. The maximum Gasteiger partial charge on any atom is 0.157 e. The van der Waals surface area contributed by atoms with Crippen molar-refractivity contribution in [3.8, 4) is 5.75 Å². The average molecular weight is 238 g/mol. The number of hydrogen-bond acceptors (Lipinski definition) is 4. The molecule has 0 saturated carbocycles. The molecule has 1 aromatic carbocycles. The topological polar surface area (TPSA) is 61.3 Å². The first-order valence-corrected chi connectivity index (χ1v) is 6.57. The first-order valence-electron chi connectivity index (χ1n) is 5.69. The fourth-order valence-electron chi connectivity index (χ4n) is 1.81. The number of nitrogen functional groups attached to an aromatic ring is 2.